The van der Waals surface area contributed by atoms with E-state index in [1.807, 2.05) is 0 Å². The molecule has 0 aromatic heterocycles. The monoisotopic (exact) mass is 404 g/mol. The van der Waals surface area contributed by atoms with Crippen molar-refractivity contribution < 1.29 is 37.1 Å². The van der Waals surface area contributed by atoms with Gasteiger partial charge < -0.3 is 5.11 Å². The zero-order chi connectivity index (χ0) is 18.0. The zero-order valence-electron chi connectivity index (χ0n) is 16.1. The van der Waals surface area contributed by atoms with Crippen LogP contribution in [0.2, 0.25) is 0 Å². The van der Waals surface area contributed by atoms with Gasteiger partial charge in [0.2, 0.25) is 0 Å². The predicted octanol–water partition coefficient (Wildman–Crippen LogP) is 4.13. The van der Waals surface area contributed by atoms with Gasteiger partial charge in [-0.15, -0.1) is 0 Å². The fourth-order valence-corrected chi connectivity index (χ4v) is 7.43. The molecule has 2 N–H and O–H groups in total. The van der Waals surface area contributed by atoms with Crippen LogP contribution in [0.15, 0.2) is 11.6 Å². The number of carbonyl (C=O) groups excluding carboxylic acids is 1. The van der Waals surface area contributed by atoms with E-state index in [4.69, 9.17) is 4.89 Å². The van der Waals surface area contributed by atoms with Gasteiger partial charge in [0.25, 0.3) is 0 Å². The van der Waals surface area contributed by atoms with Crippen LogP contribution < -0.4 is 0 Å². The molecule has 0 saturated heterocycles. The van der Waals surface area contributed by atoms with Gasteiger partial charge in [-0.2, -0.15) is 0 Å². The van der Waals surface area contributed by atoms with Crippen molar-refractivity contribution in [1.29, 1.82) is 0 Å². The van der Waals surface area contributed by atoms with Gasteiger partial charge in [0.15, 0.2) is 11.4 Å². The summed E-state index contributed by atoms with van der Waals surface area (Å²) in [4.78, 5) is 17.4. The Balaban J connectivity index is 0.00000196. The largest absolute Gasteiger partial charge is 0.393 e. The maximum absolute atomic E-state index is 12.4. The molecule has 0 heterocycles. The van der Waals surface area contributed by atoms with Crippen LogP contribution in [0, 0.1) is 28.6 Å². The summed E-state index contributed by atoms with van der Waals surface area (Å²) in [6, 6.07) is 0. The van der Waals surface area contributed by atoms with Crippen molar-refractivity contribution in [1.82, 2.24) is 0 Å². The average molecular weight is 404 g/mol. The average Bonchev–Trinajstić information content (AvgIpc) is 2.89. The molecule has 0 spiro atoms. The molecule has 3 fully saturated rings. The molecular formula is C21H32FeO4. The van der Waals surface area contributed by atoms with Crippen LogP contribution in [0.4, 0.5) is 0 Å². The fourth-order valence-electron chi connectivity index (χ4n) is 7.43. The van der Waals surface area contributed by atoms with E-state index in [1.54, 1.807) is 6.92 Å². The summed E-state index contributed by atoms with van der Waals surface area (Å²) in [6.45, 7) is 6.14. The van der Waals surface area contributed by atoms with Gasteiger partial charge in [-0.1, -0.05) is 25.5 Å². The molecule has 0 aromatic rings. The number of ketones is 1. The molecule has 5 heteroatoms. The van der Waals surface area contributed by atoms with Gasteiger partial charge in [-0.05, 0) is 81.5 Å². The number of aliphatic hydroxyl groups is 1. The maximum atomic E-state index is 12.4. The minimum atomic E-state index is -1.02. The number of hydrogen-bond acceptors (Lipinski definition) is 4. The Kier molecular flexibility index (Phi) is 5.29. The van der Waals surface area contributed by atoms with Crippen LogP contribution in [0.25, 0.3) is 0 Å². The minimum absolute atomic E-state index is 0. The molecule has 0 radical (unpaired) electrons. The first-order valence-corrected chi connectivity index (χ1v) is 10.00. The van der Waals surface area contributed by atoms with Gasteiger partial charge in [-0.3, -0.25) is 10.1 Å². The third kappa shape index (κ3) is 2.47. The normalized spacial score (nSPS) is 50.0. The number of allylic oxidation sites excluding steroid dienone is 1. The van der Waals surface area contributed by atoms with Crippen LogP contribution in [0.1, 0.15) is 72.1 Å². The number of Topliss-reactive ketones (excluding diaryl/α,β-unsaturated/α-hetero) is 1. The van der Waals surface area contributed by atoms with Crippen LogP contribution in [-0.2, 0) is 26.8 Å². The second-order valence-corrected chi connectivity index (χ2v) is 9.63. The summed E-state index contributed by atoms with van der Waals surface area (Å²) < 4.78 is 0. The van der Waals surface area contributed by atoms with Crippen molar-refractivity contribution in [3.8, 4) is 0 Å². The molecule has 7 atom stereocenters. The number of aliphatic hydroxyl groups excluding tert-OH is 1. The standard InChI is InChI=1S/C21H32O4.Fe/c1-13(22)21(25-24)11-8-18-16-5-4-14-12-15(23)6-9-19(14,2)17(16)7-10-20(18,21)3;/h4,15-18,23-24H,5-12H2,1-3H3;/t15-,16+,17-,18-,19-,20-,21-;/m0./s1. The molecule has 3 saturated carbocycles. The van der Waals surface area contributed by atoms with Gasteiger partial charge in [0, 0.05) is 22.5 Å². The number of rotatable bonds is 2. The zero-order valence-corrected chi connectivity index (χ0v) is 17.2. The summed E-state index contributed by atoms with van der Waals surface area (Å²) >= 11 is 0. The van der Waals surface area contributed by atoms with Crippen molar-refractivity contribution in [2.75, 3.05) is 0 Å². The van der Waals surface area contributed by atoms with Gasteiger partial charge >= 0.3 is 0 Å². The first kappa shape index (κ1) is 20.5. The third-order valence-corrected chi connectivity index (χ3v) is 8.92. The molecule has 0 aliphatic heterocycles. The number of fused-ring (bicyclic) bond motifs is 5. The molecule has 4 aliphatic rings. The van der Waals surface area contributed by atoms with Gasteiger partial charge in [0.1, 0.15) is 0 Å². The fraction of sp³-hybridized carbons (Fsp3) is 0.857. The molecule has 0 bridgehead atoms. The molecular weight excluding hydrogens is 372 g/mol. The Morgan fingerprint density at radius 3 is 2.50 bits per heavy atom. The summed E-state index contributed by atoms with van der Waals surface area (Å²) in [5.74, 6) is 1.57. The van der Waals surface area contributed by atoms with Crippen molar-refractivity contribution in [3.05, 3.63) is 11.6 Å². The molecule has 0 amide bonds. The Hall–Kier alpha value is -0.191. The van der Waals surface area contributed by atoms with Crippen LogP contribution in [-0.4, -0.2) is 27.9 Å². The summed E-state index contributed by atoms with van der Waals surface area (Å²) in [6.07, 6.45) is 9.67. The SMILES string of the molecule is CC(=O)[C@@]1(OO)CC[C@H]2[C@@H]3CC=C4C[C@@H](O)CC[C@]4(C)[C@H]3CC[C@@]21C.[Fe]. The summed E-state index contributed by atoms with van der Waals surface area (Å²) in [5.41, 5.74) is 0.372. The molecule has 26 heavy (non-hydrogen) atoms. The van der Waals surface area contributed by atoms with E-state index in [0.29, 0.717) is 24.2 Å². The number of carbonyl (C=O) groups is 1. The summed E-state index contributed by atoms with van der Waals surface area (Å²) in [7, 11) is 0. The van der Waals surface area contributed by atoms with Crippen molar-refractivity contribution >= 4 is 5.78 Å². The first-order chi connectivity index (χ1) is 11.8. The number of hydrogen-bond donors (Lipinski definition) is 2. The second-order valence-electron chi connectivity index (χ2n) is 9.63. The van der Waals surface area contributed by atoms with Crippen LogP contribution >= 0.6 is 0 Å². The third-order valence-electron chi connectivity index (χ3n) is 8.92. The van der Waals surface area contributed by atoms with E-state index in [1.165, 1.54) is 5.57 Å². The predicted molar refractivity (Wildman–Crippen MR) is 94.8 cm³/mol. The Morgan fingerprint density at radius 2 is 1.85 bits per heavy atom. The van der Waals surface area contributed by atoms with Crippen molar-refractivity contribution in [2.45, 2.75) is 83.8 Å². The van der Waals surface area contributed by atoms with E-state index in [-0.39, 0.29) is 39.8 Å². The molecule has 4 aliphatic carbocycles. The van der Waals surface area contributed by atoms with E-state index >= 15 is 0 Å². The smallest absolute Gasteiger partial charge is 0.166 e. The molecule has 0 aromatic carbocycles. The first-order valence-electron chi connectivity index (χ1n) is 10.00. The van der Waals surface area contributed by atoms with E-state index in [2.05, 4.69) is 19.9 Å². The topological polar surface area (TPSA) is 66.8 Å². The second kappa shape index (κ2) is 6.70. The van der Waals surface area contributed by atoms with Gasteiger partial charge in [0.05, 0.1) is 6.10 Å². The van der Waals surface area contributed by atoms with E-state index in [9.17, 15) is 15.2 Å². The molecule has 4 nitrogen and oxygen atoms in total. The van der Waals surface area contributed by atoms with Gasteiger partial charge in [-0.25, -0.2) is 4.89 Å². The summed E-state index contributed by atoms with van der Waals surface area (Å²) in [5, 5.41) is 19.8. The quantitative estimate of drug-likeness (QED) is 0.314. The molecule has 148 valence electrons. The molecule has 0 unspecified atom stereocenters. The Morgan fingerprint density at radius 1 is 1.15 bits per heavy atom. The van der Waals surface area contributed by atoms with E-state index in [0.717, 1.165) is 44.9 Å². The maximum Gasteiger partial charge on any atom is 0.166 e. The van der Waals surface area contributed by atoms with E-state index < -0.39 is 5.60 Å². The Labute approximate surface area is 167 Å². The van der Waals surface area contributed by atoms with Crippen molar-refractivity contribution in [2.24, 2.45) is 28.6 Å². The van der Waals surface area contributed by atoms with Crippen molar-refractivity contribution in [3.63, 3.8) is 0 Å². The van der Waals surface area contributed by atoms with Crippen LogP contribution in [0.5, 0.6) is 0 Å². The van der Waals surface area contributed by atoms with Crippen LogP contribution in [0.3, 0.4) is 0 Å². The molecule has 4 rings (SSSR count). The minimum Gasteiger partial charge on any atom is -0.393 e. The Bertz CT molecular complexity index is 619.